The van der Waals surface area contributed by atoms with Crippen molar-refractivity contribution < 1.29 is 0 Å². The van der Waals surface area contributed by atoms with E-state index in [-0.39, 0.29) is 0 Å². The smallest absolute Gasteiger partial charge is 0.0621 e. The van der Waals surface area contributed by atoms with E-state index in [2.05, 4.69) is 11.9 Å². The fraction of sp³-hybridized carbons (Fsp3) is 0.200. The summed E-state index contributed by atoms with van der Waals surface area (Å²) in [5.74, 6) is 0. The molecule has 3 heteroatoms. The standard InChI is InChI=1S/C10H13ClN2/c1-3-6-13-10-7(2)8(11)4-5-9(10)12/h3-5,13H,1,6,12H2,2H3. The van der Waals surface area contributed by atoms with Crippen molar-refractivity contribution in [1.82, 2.24) is 0 Å². The molecule has 0 radical (unpaired) electrons. The van der Waals surface area contributed by atoms with Crippen LogP contribution in [0, 0.1) is 6.92 Å². The lowest BCUT2D eigenvalue weighted by Gasteiger charge is -2.11. The minimum atomic E-state index is 0.686. The first-order valence-electron chi connectivity index (χ1n) is 4.06. The second kappa shape index (κ2) is 4.19. The summed E-state index contributed by atoms with van der Waals surface area (Å²) in [5, 5.41) is 3.87. The zero-order valence-electron chi connectivity index (χ0n) is 7.60. The number of nitrogens with one attached hydrogen (secondary N) is 1. The van der Waals surface area contributed by atoms with Crippen molar-refractivity contribution in [2.24, 2.45) is 0 Å². The van der Waals surface area contributed by atoms with Crippen LogP contribution in [0.4, 0.5) is 11.4 Å². The molecule has 1 aromatic rings. The van der Waals surface area contributed by atoms with Crippen LogP contribution in [-0.2, 0) is 0 Å². The number of halogens is 1. The minimum absolute atomic E-state index is 0.686. The molecular formula is C10H13ClN2. The highest BCUT2D eigenvalue weighted by Gasteiger charge is 2.04. The van der Waals surface area contributed by atoms with Gasteiger partial charge in [-0.3, -0.25) is 0 Å². The van der Waals surface area contributed by atoms with Crippen LogP contribution in [0.2, 0.25) is 5.02 Å². The molecule has 2 nitrogen and oxygen atoms in total. The van der Waals surface area contributed by atoms with Crippen molar-refractivity contribution >= 4 is 23.0 Å². The van der Waals surface area contributed by atoms with E-state index in [0.29, 0.717) is 12.2 Å². The Morgan fingerprint density at radius 3 is 2.92 bits per heavy atom. The van der Waals surface area contributed by atoms with E-state index in [9.17, 15) is 0 Å². The highest BCUT2D eigenvalue weighted by atomic mass is 35.5. The van der Waals surface area contributed by atoms with Gasteiger partial charge in [0.25, 0.3) is 0 Å². The lowest BCUT2D eigenvalue weighted by molar-refractivity contribution is 1.31. The Balaban J connectivity index is 3.02. The first-order chi connectivity index (χ1) is 6.16. The van der Waals surface area contributed by atoms with Crippen molar-refractivity contribution in [1.29, 1.82) is 0 Å². The molecule has 0 unspecified atom stereocenters. The molecule has 0 aliphatic carbocycles. The summed E-state index contributed by atoms with van der Waals surface area (Å²) < 4.78 is 0. The third kappa shape index (κ3) is 2.16. The maximum atomic E-state index is 5.94. The van der Waals surface area contributed by atoms with Gasteiger partial charge in [-0.1, -0.05) is 17.7 Å². The molecule has 0 saturated heterocycles. The van der Waals surface area contributed by atoms with Crippen LogP contribution in [0.5, 0.6) is 0 Å². The number of benzene rings is 1. The van der Waals surface area contributed by atoms with Crippen molar-refractivity contribution in [2.45, 2.75) is 6.92 Å². The van der Waals surface area contributed by atoms with E-state index in [1.54, 1.807) is 18.2 Å². The highest BCUT2D eigenvalue weighted by Crippen LogP contribution is 2.28. The number of nitrogen functional groups attached to an aromatic ring is 1. The number of rotatable bonds is 3. The molecule has 0 aliphatic rings. The molecule has 0 aliphatic heterocycles. The van der Waals surface area contributed by atoms with Crippen LogP contribution in [-0.4, -0.2) is 6.54 Å². The molecular weight excluding hydrogens is 184 g/mol. The quantitative estimate of drug-likeness (QED) is 0.577. The second-order valence-electron chi connectivity index (χ2n) is 2.81. The normalized spacial score (nSPS) is 9.69. The van der Waals surface area contributed by atoms with Gasteiger partial charge in [0.05, 0.1) is 11.4 Å². The van der Waals surface area contributed by atoms with Crippen molar-refractivity contribution in [3.05, 3.63) is 35.4 Å². The Hall–Kier alpha value is -1.15. The Kier molecular flexibility index (Phi) is 3.20. The molecule has 0 aromatic heterocycles. The van der Waals surface area contributed by atoms with Gasteiger partial charge in [-0.2, -0.15) is 0 Å². The van der Waals surface area contributed by atoms with E-state index in [1.165, 1.54) is 0 Å². The number of hydrogen-bond acceptors (Lipinski definition) is 2. The van der Waals surface area contributed by atoms with E-state index >= 15 is 0 Å². The lowest BCUT2D eigenvalue weighted by Crippen LogP contribution is -2.03. The van der Waals surface area contributed by atoms with Crippen molar-refractivity contribution in [3.63, 3.8) is 0 Å². The molecule has 70 valence electrons. The van der Waals surface area contributed by atoms with E-state index in [1.807, 2.05) is 6.92 Å². The molecule has 13 heavy (non-hydrogen) atoms. The highest BCUT2D eigenvalue weighted by molar-refractivity contribution is 6.31. The SMILES string of the molecule is C=CCNc1c(N)ccc(Cl)c1C. The topological polar surface area (TPSA) is 38.0 Å². The molecule has 0 heterocycles. The van der Waals surface area contributed by atoms with Gasteiger partial charge in [0.15, 0.2) is 0 Å². The Morgan fingerprint density at radius 2 is 2.31 bits per heavy atom. The van der Waals surface area contributed by atoms with E-state index < -0.39 is 0 Å². The van der Waals surface area contributed by atoms with Crippen LogP contribution < -0.4 is 11.1 Å². The fourth-order valence-electron chi connectivity index (χ4n) is 1.12. The molecule has 0 atom stereocenters. The zero-order chi connectivity index (χ0) is 9.84. The average Bonchev–Trinajstić information content (AvgIpc) is 2.12. The predicted molar refractivity (Wildman–Crippen MR) is 59.3 cm³/mol. The molecule has 0 bridgehead atoms. The van der Waals surface area contributed by atoms with Crippen LogP contribution in [0.1, 0.15) is 5.56 Å². The summed E-state index contributed by atoms with van der Waals surface area (Å²) in [4.78, 5) is 0. The molecule has 0 amide bonds. The van der Waals surface area contributed by atoms with Gasteiger partial charge in [0, 0.05) is 11.6 Å². The summed E-state index contributed by atoms with van der Waals surface area (Å²) >= 11 is 5.94. The maximum absolute atomic E-state index is 5.94. The Labute approximate surface area is 83.4 Å². The predicted octanol–water partition coefficient (Wildman–Crippen LogP) is 2.83. The summed E-state index contributed by atoms with van der Waals surface area (Å²) in [5.41, 5.74) is 8.36. The van der Waals surface area contributed by atoms with Gasteiger partial charge in [0.2, 0.25) is 0 Å². The molecule has 1 rings (SSSR count). The number of anilines is 2. The lowest BCUT2D eigenvalue weighted by atomic mass is 10.1. The van der Waals surface area contributed by atoms with Crippen molar-refractivity contribution in [2.75, 3.05) is 17.6 Å². The van der Waals surface area contributed by atoms with Crippen molar-refractivity contribution in [3.8, 4) is 0 Å². The van der Waals surface area contributed by atoms with E-state index in [4.69, 9.17) is 17.3 Å². The average molecular weight is 197 g/mol. The van der Waals surface area contributed by atoms with Crippen LogP contribution in [0.25, 0.3) is 0 Å². The zero-order valence-corrected chi connectivity index (χ0v) is 8.36. The molecule has 3 N–H and O–H groups in total. The van der Waals surface area contributed by atoms with Gasteiger partial charge in [-0.25, -0.2) is 0 Å². The summed E-state index contributed by atoms with van der Waals surface area (Å²) in [7, 11) is 0. The minimum Gasteiger partial charge on any atom is -0.397 e. The second-order valence-corrected chi connectivity index (χ2v) is 3.21. The van der Waals surface area contributed by atoms with Gasteiger partial charge in [-0.15, -0.1) is 6.58 Å². The van der Waals surface area contributed by atoms with Gasteiger partial charge >= 0.3 is 0 Å². The van der Waals surface area contributed by atoms with Gasteiger partial charge in [0.1, 0.15) is 0 Å². The summed E-state index contributed by atoms with van der Waals surface area (Å²) in [6.07, 6.45) is 1.78. The number of nitrogens with two attached hydrogens (primary N) is 1. The Bertz CT molecular complexity index is 321. The molecule has 1 aromatic carbocycles. The molecule has 0 saturated carbocycles. The largest absolute Gasteiger partial charge is 0.397 e. The van der Waals surface area contributed by atoms with E-state index in [0.717, 1.165) is 16.3 Å². The number of hydrogen-bond donors (Lipinski definition) is 2. The van der Waals surface area contributed by atoms with Gasteiger partial charge < -0.3 is 11.1 Å². The molecule has 0 fully saturated rings. The summed E-state index contributed by atoms with van der Waals surface area (Å²) in [6, 6.07) is 3.59. The third-order valence-corrected chi connectivity index (χ3v) is 2.26. The fourth-order valence-corrected chi connectivity index (χ4v) is 1.27. The van der Waals surface area contributed by atoms with Gasteiger partial charge in [-0.05, 0) is 24.6 Å². The maximum Gasteiger partial charge on any atom is 0.0621 e. The molecule has 0 spiro atoms. The van der Waals surface area contributed by atoms with Crippen LogP contribution in [0.3, 0.4) is 0 Å². The first-order valence-corrected chi connectivity index (χ1v) is 4.44. The summed E-state index contributed by atoms with van der Waals surface area (Å²) in [6.45, 7) is 6.24. The first kappa shape index (κ1) is 9.93. The Morgan fingerprint density at radius 1 is 1.62 bits per heavy atom. The van der Waals surface area contributed by atoms with Crippen LogP contribution >= 0.6 is 11.6 Å². The monoisotopic (exact) mass is 196 g/mol. The third-order valence-electron chi connectivity index (χ3n) is 1.85. The van der Waals surface area contributed by atoms with Crippen LogP contribution in [0.15, 0.2) is 24.8 Å².